The average molecular weight is 205 g/mol. The van der Waals surface area contributed by atoms with Crippen molar-refractivity contribution in [3.63, 3.8) is 0 Å². The maximum absolute atomic E-state index is 5.55. The van der Waals surface area contributed by atoms with Crippen molar-refractivity contribution < 1.29 is 14.2 Å². The number of ether oxygens (including phenoxy) is 3. The number of nitrogens with two attached hydrogens (primary N) is 1. The molecule has 14 heavy (non-hydrogen) atoms. The third kappa shape index (κ3) is 4.91. The van der Waals surface area contributed by atoms with Gasteiger partial charge in [-0.15, -0.1) is 0 Å². The Morgan fingerprint density at radius 2 is 2.21 bits per heavy atom. The van der Waals surface area contributed by atoms with E-state index in [1.54, 1.807) is 0 Å². The van der Waals surface area contributed by atoms with Gasteiger partial charge in [-0.3, -0.25) is 0 Å². The summed E-state index contributed by atoms with van der Waals surface area (Å²) in [6.07, 6.45) is 0.976. The maximum Gasteiger partial charge on any atom is 0.163 e. The molecule has 2 N–H and O–H groups in total. The fraction of sp³-hybridized carbons (Fsp3) is 1.00. The molecule has 1 atom stereocenters. The van der Waals surface area contributed by atoms with Crippen LogP contribution in [0.25, 0.3) is 0 Å². The fourth-order valence-electron chi connectivity index (χ4n) is 1.25. The van der Waals surface area contributed by atoms with Crippen molar-refractivity contribution in [2.75, 3.05) is 26.4 Å². The zero-order valence-electron chi connectivity index (χ0n) is 8.41. The van der Waals surface area contributed by atoms with Crippen LogP contribution in [-0.4, -0.2) is 38.3 Å². The summed E-state index contributed by atoms with van der Waals surface area (Å²) in [6.45, 7) is 6.42. The van der Waals surface area contributed by atoms with E-state index in [2.05, 4.69) is 0 Å². The van der Waals surface area contributed by atoms with Crippen LogP contribution in [0.3, 0.4) is 0 Å². The molecule has 4 heteroatoms. The zero-order valence-corrected chi connectivity index (χ0v) is 8.41. The molecule has 0 aromatic rings. The molecule has 1 saturated heterocycles. The van der Waals surface area contributed by atoms with Crippen molar-refractivity contribution in [3.8, 4) is 0 Å². The van der Waals surface area contributed by atoms with Gasteiger partial charge in [-0.25, -0.2) is 0 Å². The Kier molecular flexibility index (Phi) is 6.27. The van der Waals surface area contributed by atoms with Crippen LogP contribution >= 0.6 is 0 Å². The Morgan fingerprint density at radius 3 is 2.71 bits per heavy atom. The smallest absolute Gasteiger partial charge is 0.163 e. The lowest BCUT2D eigenvalue weighted by atomic mass is 10.4. The molecule has 0 aromatic heterocycles. The van der Waals surface area contributed by atoms with E-state index in [0.717, 1.165) is 6.42 Å². The minimum atomic E-state index is -0.443. The Morgan fingerprint density at radius 1 is 1.50 bits per heavy atom. The summed E-state index contributed by atoms with van der Waals surface area (Å²) in [6, 6.07) is 0. The molecule has 1 heterocycles. The average Bonchev–Trinajstić information content (AvgIpc) is 2.40. The SMILES string of the molecule is C.CC1(C)OCC(COCCCN)O1. The van der Waals surface area contributed by atoms with E-state index in [0.29, 0.717) is 26.4 Å². The van der Waals surface area contributed by atoms with Gasteiger partial charge in [0.2, 0.25) is 0 Å². The topological polar surface area (TPSA) is 53.7 Å². The molecule has 1 unspecified atom stereocenters. The zero-order chi connectivity index (χ0) is 9.73. The molecule has 0 radical (unpaired) electrons. The molecule has 0 spiro atoms. The maximum atomic E-state index is 5.55. The van der Waals surface area contributed by atoms with E-state index in [9.17, 15) is 0 Å². The third-order valence-electron chi connectivity index (χ3n) is 1.86. The van der Waals surface area contributed by atoms with Gasteiger partial charge in [-0.1, -0.05) is 7.43 Å². The van der Waals surface area contributed by atoms with Gasteiger partial charge in [0.15, 0.2) is 5.79 Å². The highest BCUT2D eigenvalue weighted by Gasteiger charge is 2.32. The lowest BCUT2D eigenvalue weighted by Gasteiger charge is -2.16. The summed E-state index contributed by atoms with van der Waals surface area (Å²) < 4.78 is 16.3. The van der Waals surface area contributed by atoms with Gasteiger partial charge >= 0.3 is 0 Å². The second-order valence-corrected chi connectivity index (χ2v) is 3.67. The van der Waals surface area contributed by atoms with Crippen LogP contribution < -0.4 is 5.73 Å². The van der Waals surface area contributed by atoms with Crippen LogP contribution in [0.4, 0.5) is 0 Å². The van der Waals surface area contributed by atoms with Gasteiger partial charge in [0.25, 0.3) is 0 Å². The summed E-state index contributed by atoms with van der Waals surface area (Å²) in [4.78, 5) is 0. The predicted octanol–water partition coefficient (Wildman–Crippen LogP) is 1.14. The van der Waals surface area contributed by atoms with Crippen LogP contribution in [0.5, 0.6) is 0 Å². The Labute approximate surface area is 86.7 Å². The van der Waals surface area contributed by atoms with Crippen LogP contribution in [0.1, 0.15) is 27.7 Å². The lowest BCUT2D eigenvalue weighted by molar-refractivity contribution is -0.145. The molecule has 86 valence electrons. The summed E-state index contributed by atoms with van der Waals surface area (Å²) >= 11 is 0. The highest BCUT2D eigenvalue weighted by Crippen LogP contribution is 2.22. The monoisotopic (exact) mass is 205 g/mol. The Hall–Kier alpha value is -0.160. The fourth-order valence-corrected chi connectivity index (χ4v) is 1.25. The Bertz CT molecular complexity index is 150. The highest BCUT2D eigenvalue weighted by molar-refractivity contribution is 4.70. The minimum Gasteiger partial charge on any atom is -0.379 e. The first-order valence-corrected chi connectivity index (χ1v) is 4.73. The van der Waals surface area contributed by atoms with Crippen molar-refractivity contribution >= 4 is 0 Å². The van der Waals surface area contributed by atoms with Crippen LogP contribution in [0.15, 0.2) is 0 Å². The van der Waals surface area contributed by atoms with Gasteiger partial charge < -0.3 is 19.9 Å². The van der Waals surface area contributed by atoms with Gasteiger partial charge in [-0.2, -0.15) is 0 Å². The molecule has 1 fully saturated rings. The molecular formula is C10H23NO3. The van der Waals surface area contributed by atoms with Crippen molar-refractivity contribution in [1.82, 2.24) is 0 Å². The third-order valence-corrected chi connectivity index (χ3v) is 1.86. The lowest BCUT2D eigenvalue weighted by Crippen LogP contribution is -2.24. The van der Waals surface area contributed by atoms with Crippen molar-refractivity contribution in [3.05, 3.63) is 0 Å². The first-order valence-electron chi connectivity index (χ1n) is 4.73. The molecule has 0 bridgehead atoms. The van der Waals surface area contributed by atoms with Gasteiger partial charge in [0.05, 0.1) is 13.2 Å². The molecule has 1 aliphatic rings. The molecule has 1 rings (SSSR count). The van der Waals surface area contributed by atoms with Crippen molar-refractivity contribution in [2.24, 2.45) is 5.73 Å². The van der Waals surface area contributed by atoms with Crippen LogP contribution in [-0.2, 0) is 14.2 Å². The molecule has 0 aromatic carbocycles. The van der Waals surface area contributed by atoms with Gasteiger partial charge in [0, 0.05) is 6.61 Å². The molecule has 0 amide bonds. The van der Waals surface area contributed by atoms with E-state index in [1.807, 2.05) is 13.8 Å². The molecule has 0 aliphatic carbocycles. The van der Waals surface area contributed by atoms with E-state index in [-0.39, 0.29) is 13.5 Å². The highest BCUT2D eigenvalue weighted by atomic mass is 16.7. The second-order valence-electron chi connectivity index (χ2n) is 3.67. The largest absolute Gasteiger partial charge is 0.379 e. The van der Waals surface area contributed by atoms with Crippen LogP contribution in [0, 0.1) is 0 Å². The molecule has 0 saturated carbocycles. The predicted molar refractivity (Wildman–Crippen MR) is 56.1 cm³/mol. The van der Waals surface area contributed by atoms with E-state index in [4.69, 9.17) is 19.9 Å². The molecule has 1 aliphatic heterocycles. The van der Waals surface area contributed by atoms with Gasteiger partial charge in [-0.05, 0) is 26.8 Å². The summed E-state index contributed by atoms with van der Waals surface area (Å²) in [5, 5.41) is 0. The normalized spacial score (nSPS) is 24.6. The summed E-state index contributed by atoms with van der Waals surface area (Å²) in [5.74, 6) is -0.443. The van der Waals surface area contributed by atoms with Crippen LogP contribution in [0.2, 0.25) is 0 Å². The Balaban J connectivity index is 0.00000169. The number of rotatable bonds is 5. The first kappa shape index (κ1) is 13.8. The summed E-state index contributed by atoms with van der Waals surface area (Å²) in [5.41, 5.74) is 5.33. The van der Waals surface area contributed by atoms with E-state index < -0.39 is 5.79 Å². The first-order chi connectivity index (χ1) is 6.14. The van der Waals surface area contributed by atoms with Crippen molar-refractivity contribution in [1.29, 1.82) is 0 Å². The molecular weight excluding hydrogens is 182 g/mol. The van der Waals surface area contributed by atoms with E-state index >= 15 is 0 Å². The van der Waals surface area contributed by atoms with Gasteiger partial charge in [0.1, 0.15) is 6.10 Å². The minimum absolute atomic E-state index is 0. The van der Waals surface area contributed by atoms with E-state index in [1.165, 1.54) is 0 Å². The molecule has 4 nitrogen and oxygen atoms in total. The standard InChI is InChI=1S/C9H19NO3.CH4/c1-9(2)12-7-8(13-9)6-11-5-3-4-10;/h8H,3-7,10H2,1-2H3;1H4. The summed E-state index contributed by atoms with van der Waals surface area (Å²) in [7, 11) is 0. The number of hydrogen-bond acceptors (Lipinski definition) is 4. The number of hydrogen-bond donors (Lipinski definition) is 1. The van der Waals surface area contributed by atoms with Crippen molar-refractivity contribution in [2.45, 2.75) is 39.6 Å². The quantitative estimate of drug-likeness (QED) is 0.684. The second kappa shape index (κ2) is 6.35.